The van der Waals surface area contributed by atoms with Gasteiger partial charge in [-0.15, -0.1) is 6.58 Å². The van der Waals surface area contributed by atoms with Gasteiger partial charge in [-0.3, -0.25) is 0 Å². The van der Waals surface area contributed by atoms with Crippen LogP contribution in [0.25, 0.3) is 0 Å². The molecule has 0 saturated carbocycles. The van der Waals surface area contributed by atoms with Crippen molar-refractivity contribution in [1.82, 2.24) is 4.90 Å². The first-order valence-corrected chi connectivity index (χ1v) is 8.85. The zero-order valence-electron chi connectivity index (χ0n) is 16.3. The van der Waals surface area contributed by atoms with Crippen LogP contribution in [0.15, 0.2) is 12.1 Å². The van der Waals surface area contributed by atoms with E-state index in [2.05, 4.69) is 6.58 Å². The van der Waals surface area contributed by atoms with E-state index < -0.39 is 12.7 Å². The zero-order chi connectivity index (χ0) is 18.3. The van der Waals surface area contributed by atoms with Gasteiger partial charge in [0.15, 0.2) is 0 Å². The van der Waals surface area contributed by atoms with Gasteiger partial charge in [-0.25, -0.2) is 4.79 Å². The number of rotatable bonds is 2. The lowest BCUT2D eigenvalue weighted by atomic mass is 9.69. The zero-order valence-corrected chi connectivity index (χ0v) is 16.3. The van der Waals surface area contributed by atoms with Crippen molar-refractivity contribution in [2.75, 3.05) is 13.1 Å². The third-order valence-electron chi connectivity index (χ3n) is 5.15. The molecule has 1 amide bonds. The smallest absolute Gasteiger partial charge is 0.444 e. The van der Waals surface area contributed by atoms with E-state index in [0.29, 0.717) is 6.54 Å². The molecular formula is C18H32BNO4. The summed E-state index contributed by atoms with van der Waals surface area (Å²) in [4.78, 5) is 14.1. The predicted molar refractivity (Wildman–Crippen MR) is 95.8 cm³/mol. The van der Waals surface area contributed by atoms with E-state index in [1.54, 1.807) is 4.90 Å². The van der Waals surface area contributed by atoms with Crippen LogP contribution in [-0.4, -0.2) is 48.0 Å². The van der Waals surface area contributed by atoms with E-state index in [4.69, 9.17) is 14.0 Å². The Bertz CT molecular complexity index is 494. The van der Waals surface area contributed by atoms with E-state index in [1.165, 1.54) is 0 Å². The van der Waals surface area contributed by atoms with Gasteiger partial charge >= 0.3 is 13.2 Å². The van der Waals surface area contributed by atoms with Crippen molar-refractivity contribution >= 4 is 13.2 Å². The van der Waals surface area contributed by atoms with Crippen LogP contribution in [0.2, 0.25) is 0 Å². The molecule has 2 aliphatic rings. The molecule has 2 saturated heterocycles. The van der Waals surface area contributed by atoms with Crippen molar-refractivity contribution < 1.29 is 18.8 Å². The highest BCUT2D eigenvalue weighted by Gasteiger charge is 2.53. The summed E-state index contributed by atoms with van der Waals surface area (Å²) in [7, 11) is -0.418. The SMILES string of the molecule is C=C(B1OC(C)(C)C(C)(C)O1)[C@@H]1CCCN(C(=O)OC(C)(C)C)C1. The van der Waals surface area contributed by atoms with Crippen LogP contribution in [-0.2, 0) is 14.0 Å². The number of ether oxygens (including phenoxy) is 1. The summed E-state index contributed by atoms with van der Waals surface area (Å²) in [6.45, 7) is 19.4. The van der Waals surface area contributed by atoms with Gasteiger partial charge < -0.3 is 18.9 Å². The standard InChI is InChI=1S/C18H32BNO4/c1-13(19-23-17(5,6)18(7,8)24-19)14-10-9-11-20(12-14)15(21)22-16(2,3)4/h14H,1,9-12H2,2-8H3/t14-/m1/s1. The lowest BCUT2D eigenvalue weighted by Crippen LogP contribution is -2.44. The Balaban J connectivity index is 2.00. The molecule has 5 nitrogen and oxygen atoms in total. The highest BCUT2D eigenvalue weighted by atomic mass is 16.7. The van der Waals surface area contributed by atoms with Crippen LogP contribution in [0.1, 0.15) is 61.3 Å². The fraction of sp³-hybridized carbons (Fsp3) is 0.833. The van der Waals surface area contributed by atoms with Gasteiger partial charge in [0.2, 0.25) is 0 Å². The number of piperidine rings is 1. The lowest BCUT2D eigenvalue weighted by molar-refractivity contribution is 0.00578. The quantitative estimate of drug-likeness (QED) is 0.719. The minimum Gasteiger partial charge on any atom is -0.444 e. The predicted octanol–water partition coefficient (Wildman–Crippen LogP) is 3.82. The lowest BCUT2D eigenvalue weighted by Gasteiger charge is -2.35. The van der Waals surface area contributed by atoms with E-state index in [1.807, 2.05) is 48.5 Å². The molecule has 2 heterocycles. The largest absolute Gasteiger partial charge is 0.490 e. The summed E-state index contributed by atoms with van der Waals surface area (Å²) in [5.41, 5.74) is -0.311. The molecule has 0 aromatic rings. The van der Waals surface area contributed by atoms with E-state index in [0.717, 1.165) is 24.9 Å². The van der Waals surface area contributed by atoms with Gasteiger partial charge in [0.25, 0.3) is 0 Å². The summed E-state index contributed by atoms with van der Waals surface area (Å²) in [5.74, 6) is 0.168. The summed E-state index contributed by atoms with van der Waals surface area (Å²) in [6, 6.07) is 0. The Hall–Kier alpha value is -1.01. The Morgan fingerprint density at radius 1 is 1.21 bits per heavy atom. The van der Waals surface area contributed by atoms with Crippen LogP contribution in [0.4, 0.5) is 4.79 Å². The van der Waals surface area contributed by atoms with Crippen molar-refractivity contribution in [2.45, 2.75) is 78.1 Å². The van der Waals surface area contributed by atoms with Crippen molar-refractivity contribution in [3.8, 4) is 0 Å². The molecule has 2 fully saturated rings. The van der Waals surface area contributed by atoms with Crippen molar-refractivity contribution in [2.24, 2.45) is 5.92 Å². The average molecular weight is 337 g/mol. The molecule has 6 heteroatoms. The van der Waals surface area contributed by atoms with Gasteiger partial charge in [-0.05, 0) is 72.7 Å². The number of carbonyl (C=O) groups excluding carboxylic acids is 1. The first kappa shape index (κ1) is 19.3. The molecular weight excluding hydrogens is 305 g/mol. The molecule has 0 radical (unpaired) electrons. The summed E-state index contributed by atoms with van der Waals surface area (Å²) in [5, 5.41) is 0. The van der Waals surface area contributed by atoms with Crippen LogP contribution in [0.3, 0.4) is 0 Å². The van der Waals surface area contributed by atoms with Gasteiger partial charge in [0.05, 0.1) is 11.2 Å². The summed E-state index contributed by atoms with van der Waals surface area (Å²) < 4.78 is 17.7. The molecule has 0 bridgehead atoms. The average Bonchev–Trinajstić information content (AvgIpc) is 2.65. The Labute approximate surface area is 146 Å². The summed E-state index contributed by atoms with van der Waals surface area (Å²) in [6.07, 6.45) is 1.67. The molecule has 0 aromatic heterocycles. The van der Waals surface area contributed by atoms with Gasteiger partial charge in [-0.2, -0.15) is 0 Å². The van der Waals surface area contributed by atoms with Gasteiger partial charge in [-0.1, -0.05) is 0 Å². The minimum atomic E-state index is -0.479. The maximum Gasteiger partial charge on any atom is 0.490 e. The molecule has 2 aliphatic heterocycles. The molecule has 24 heavy (non-hydrogen) atoms. The second-order valence-electron chi connectivity index (χ2n) is 8.93. The fourth-order valence-corrected chi connectivity index (χ4v) is 2.96. The number of hydrogen-bond donors (Lipinski definition) is 0. The highest BCUT2D eigenvalue weighted by molar-refractivity contribution is 6.54. The van der Waals surface area contributed by atoms with E-state index >= 15 is 0 Å². The van der Waals surface area contributed by atoms with Crippen LogP contribution >= 0.6 is 0 Å². The summed E-state index contributed by atoms with van der Waals surface area (Å²) >= 11 is 0. The molecule has 2 rings (SSSR count). The molecule has 0 spiro atoms. The number of nitrogens with zero attached hydrogens (tertiary/aromatic N) is 1. The highest BCUT2D eigenvalue weighted by Crippen LogP contribution is 2.40. The number of hydrogen-bond acceptors (Lipinski definition) is 4. The second kappa shape index (κ2) is 6.38. The first-order chi connectivity index (χ1) is 10.8. The van der Waals surface area contributed by atoms with Crippen molar-refractivity contribution in [3.05, 3.63) is 12.1 Å². The molecule has 0 N–H and O–H groups in total. The molecule has 1 atom stereocenters. The Morgan fingerprint density at radius 2 is 1.75 bits per heavy atom. The van der Waals surface area contributed by atoms with Crippen LogP contribution < -0.4 is 0 Å². The number of amides is 1. The molecule has 0 unspecified atom stereocenters. The Kier molecular flexibility index (Phi) is 5.13. The van der Waals surface area contributed by atoms with Crippen LogP contribution in [0, 0.1) is 5.92 Å². The molecule has 136 valence electrons. The monoisotopic (exact) mass is 337 g/mol. The maximum atomic E-state index is 12.3. The van der Waals surface area contributed by atoms with Crippen molar-refractivity contribution in [3.63, 3.8) is 0 Å². The van der Waals surface area contributed by atoms with Gasteiger partial charge in [0.1, 0.15) is 5.60 Å². The maximum absolute atomic E-state index is 12.3. The van der Waals surface area contributed by atoms with Gasteiger partial charge in [0, 0.05) is 13.1 Å². The first-order valence-electron chi connectivity index (χ1n) is 8.85. The number of likely N-dealkylation sites (tertiary alicyclic amines) is 1. The molecule has 0 aromatic carbocycles. The second-order valence-corrected chi connectivity index (χ2v) is 8.93. The topological polar surface area (TPSA) is 48.0 Å². The molecule has 0 aliphatic carbocycles. The third-order valence-corrected chi connectivity index (χ3v) is 5.15. The third kappa shape index (κ3) is 4.15. The minimum absolute atomic E-state index is 0.168. The number of carbonyl (C=O) groups is 1. The van der Waals surface area contributed by atoms with Crippen molar-refractivity contribution in [1.29, 1.82) is 0 Å². The normalized spacial score (nSPS) is 26.4. The Morgan fingerprint density at radius 3 is 2.25 bits per heavy atom. The van der Waals surface area contributed by atoms with E-state index in [9.17, 15) is 4.79 Å². The fourth-order valence-electron chi connectivity index (χ4n) is 2.96. The van der Waals surface area contributed by atoms with Crippen LogP contribution in [0.5, 0.6) is 0 Å². The van der Waals surface area contributed by atoms with E-state index in [-0.39, 0.29) is 23.2 Å².